The number of methoxy groups -OCH3 is 1. The van der Waals surface area contributed by atoms with E-state index < -0.39 is 23.7 Å². The van der Waals surface area contributed by atoms with E-state index in [4.69, 9.17) is 9.47 Å². The summed E-state index contributed by atoms with van der Waals surface area (Å²) in [6.45, 7) is 9.48. The van der Waals surface area contributed by atoms with E-state index in [2.05, 4.69) is 22.5 Å². The van der Waals surface area contributed by atoms with Gasteiger partial charge in [-0.15, -0.1) is 0 Å². The Morgan fingerprint density at radius 3 is 1.91 bits per heavy atom. The average Bonchev–Trinajstić information content (AvgIpc) is 2.79. The summed E-state index contributed by atoms with van der Waals surface area (Å²) in [5.74, 6) is 5.22. The zero-order valence-corrected chi connectivity index (χ0v) is 20.5. The van der Waals surface area contributed by atoms with Gasteiger partial charge in [-0.2, -0.15) is 0 Å². The summed E-state index contributed by atoms with van der Waals surface area (Å²) in [6, 6.07) is 13.7. The van der Waals surface area contributed by atoms with Crippen LogP contribution in [0, 0.1) is 17.8 Å². The van der Waals surface area contributed by atoms with Crippen LogP contribution >= 0.6 is 0 Å². The second-order valence-electron chi connectivity index (χ2n) is 9.10. The molecule has 180 valence electrons. The fourth-order valence-electron chi connectivity index (χ4n) is 2.89. The van der Waals surface area contributed by atoms with Crippen molar-refractivity contribution in [1.29, 1.82) is 0 Å². The first-order chi connectivity index (χ1) is 16.0. The molecule has 0 saturated heterocycles. The highest BCUT2D eigenvalue weighted by atomic mass is 16.6. The van der Waals surface area contributed by atoms with Crippen LogP contribution in [0.4, 0.5) is 4.79 Å². The fourth-order valence-corrected chi connectivity index (χ4v) is 2.89. The molecule has 0 saturated carbocycles. The van der Waals surface area contributed by atoms with Gasteiger partial charge < -0.3 is 20.1 Å². The van der Waals surface area contributed by atoms with Gasteiger partial charge in [0.15, 0.2) is 0 Å². The molecule has 2 rings (SSSR count). The summed E-state index contributed by atoms with van der Waals surface area (Å²) in [4.78, 5) is 36.1. The Bertz CT molecular complexity index is 1060. The van der Waals surface area contributed by atoms with Crippen molar-refractivity contribution in [2.75, 3.05) is 7.11 Å². The number of amides is 2. The molecule has 7 nitrogen and oxygen atoms in total. The van der Waals surface area contributed by atoms with Crippen molar-refractivity contribution in [3.8, 4) is 11.8 Å². The Morgan fingerprint density at radius 1 is 0.912 bits per heavy atom. The predicted molar refractivity (Wildman–Crippen MR) is 130 cm³/mol. The van der Waals surface area contributed by atoms with Gasteiger partial charge in [0.05, 0.1) is 7.11 Å². The highest BCUT2D eigenvalue weighted by Gasteiger charge is 2.25. The third kappa shape index (κ3) is 8.62. The average molecular weight is 465 g/mol. The normalized spacial score (nSPS) is 11.6. The molecule has 0 spiro atoms. The maximum atomic E-state index is 12.5. The number of esters is 1. The van der Waals surface area contributed by atoms with Crippen LogP contribution < -0.4 is 10.6 Å². The summed E-state index contributed by atoms with van der Waals surface area (Å²) < 4.78 is 9.98. The molecule has 1 atom stereocenters. The first kappa shape index (κ1) is 26.5. The number of carbonyl (C=O) groups is 3. The van der Waals surface area contributed by atoms with E-state index in [1.807, 2.05) is 58.9 Å². The van der Waals surface area contributed by atoms with E-state index in [0.717, 1.165) is 16.7 Å². The number of benzene rings is 2. The number of ether oxygens (including phenoxy) is 2. The van der Waals surface area contributed by atoms with E-state index in [1.54, 1.807) is 24.3 Å². The van der Waals surface area contributed by atoms with Gasteiger partial charge in [0.25, 0.3) is 5.91 Å². The Hall–Kier alpha value is -3.79. The van der Waals surface area contributed by atoms with E-state index in [-0.39, 0.29) is 11.8 Å². The van der Waals surface area contributed by atoms with Gasteiger partial charge in [-0.1, -0.05) is 37.8 Å². The Labute approximate surface area is 201 Å². The molecule has 0 unspecified atom stereocenters. The number of hydrogen-bond donors (Lipinski definition) is 2. The van der Waals surface area contributed by atoms with Gasteiger partial charge in [0.1, 0.15) is 11.6 Å². The minimum atomic E-state index is -0.709. The molecule has 2 aromatic carbocycles. The third-order valence-corrected chi connectivity index (χ3v) is 4.70. The van der Waals surface area contributed by atoms with E-state index in [9.17, 15) is 14.4 Å². The summed E-state index contributed by atoms with van der Waals surface area (Å²) in [6.07, 6.45) is -0.460. The van der Waals surface area contributed by atoms with Crippen molar-refractivity contribution in [2.24, 2.45) is 5.92 Å². The van der Waals surface area contributed by atoms with Gasteiger partial charge in [0.2, 0.25) is 0 Å². The van der Waals surface area contributed by atoms with Crippen molar-refractivity contribution < 1.29 is 23.9 Å². The smallest absolute Gasteiger partial charge is 0.407 e. The SMILES string of the molecule is COC(=O)[C@@H](NC(=O)c1ccc(C#Cc2ccc(CNC(=O)OC(C)(C)C)cc2)cc1)C(C)C. The Balaban J connectivity index is 1.96. The summed E-state index contributed by atoms with van der Waals surface area (Å²) >= 11 is 0. The van der Waals surface area contributed by atoms with Gasteiger partial charge in [-0.25, -0.2) is 9.59 Å². The van der Waals surface area contributed by atoms with Crippen molar-refractivity contribution in [3.05, 3.63) is 70.8 Å². The Kier molecular flexibility index (Phi) is 9.26. The molecule has 0 aliphatic carbocycles. The molecule has 34 heavy (non-hydrogen) atoms. The van der Waals surface area contributed by atoms with Crippen LogP contribution in [0.15, 0.2) is 48.5 Å². The number of nitrogens with one attached hydrogen (secondary N) is 2. The first-order valence-corrected chi connectivity index (χ1v) is 11.0. The maximum absolute atomic E-state index is 12.5. The second-order valence-corrected chi connectivity index (χ2v) is 9.10. The van der Waals surface area contributed by atoms with Crippen LogP contribution in [0.2, 0.25) is 0 Å². The number of rotatable bonds is 6. The molecule has 2 amide bonds. The highest BCUT2D eigenvalue weighted by molar-refractivity contribution is 5.96. The van der Waals surface area contributed by atoms with Crippen molar-refractivity contribution >= 4 is 18.0 Å². The van der Waals surface area contributed by atoms with Gasteiger partial charge >= 0.3 is 12.1 Å². The minimum Gasteiger partial charge on any atom is -0.467 e. The molecule has 0 heterocycles. The lowest BCUT2D eigenvalue weighted by Crippen LogP contribution is -2.45. The minimum absolute atomic E-state index is 0.0963. The third-order valence-electron chi connectivity index (χ3n) is 4.70. The van der Waals surface area contributed by atoms with E-state index >= 15 is 0 Å². The second kappa shape index (κ2) is 11.9. The van der Waals surface area contributed by atoms with E-state index in [0.29, 0.717) is 12.1 Å². The lowest BCUT2D eigenvalue weighted by atomic mass is 10.0. The fraction of sp³-hybridized carbons (Fsp3) is 0.370. The largest absolute Gasteiger partial charge is 0.467 e. The van der Waals surface area contributed by atoms with Gasteiger partial charge in [-0.05, 0) is 68.7 Å². The summed E-state index contributed by atoms with van der Waals surface area (Å²) in [5, 5.41) is 5.43. The van der Waals surface area contributed by atoms with E-state index in [1.165, 1.54) is 7.11 Å². The molecule has 7 heteroatoms. The van der Waals surface area contributed by atoms with Crippen molar-refractivity contribution in [3.63, 3.8) is 0 Å². The molecule has 0 aliphatic heterocycles. The number of alkyl carbamates (subject to hydrolysis) is 1. The number of carbonyl (C=O) groups excluding carboxylic acids is 3. The molecule has 2 aromatic rings. The molecule has 0 aliphatic rings. The first-order valence-electron chi connectivity index (χ1n) is 11.0. The van der Waals surface area contributed by atoms with Gasteiger partial charge in [-0.3, -0.25) is 4.79 Å². The Morgan fingerprint density at radius 2 is 1.44 bits per heavy atom. The zero-order chi connectivity index (χ0) is 25.3. The number of hydrogen-bond acceptors (Lipinski definition) is 5. The molecular weight excluding hydrogens is 432 g/mol. The van der Waals surface area contributed by atoms with Crippen LogP contribution in [0.1, 0.15) is 61.7 Å². The summed E-state index contributed by atoms with van der Waals surface area (Å²) in [7, 11) is 1.30. The monoisotopic (exact) mass is 464 g/mol. The maximum Gasteiger partial charge on any atom is 0.407 e. The van der Waals surface area contributed by atoms with Crippen LogP contribution in [-0.4, -0.2) is 36.7 Å². The molecular formula is C27H32N2O5. The standard InChI is InChI=1S/C27H32N2O5/c1-18(2)23(25(31)33-6)29-24(30)22-15-13-20(14-16-22)8-7-19-9-11-21(12-10-19)17-28-26(32)34-27(3,4)5/h9-16,18,23H,17H2,1-6H3,(H,28,32)(H,29,30)/t23-/m0/s1. The van der Waals surface area contributed by atoms with Crippen LogP contribution in [0.25, 0.3) is 0 Å². The topological polar surface area (TPSA) is 93.7 Å². The predicted octanol–water partition coefficient (Wildman–Crippen LogP) is 4.04. The van der Waals surface area contributed by atoms with Crippen LogP contribution in [-0.2, 0) is 20.8 Å². The summed E-state index contributed by atoms with van der Waals surface area (Å²) in [5.41, 5.74) is 2.40. The lowest BCUT2D eigenvalue weighted by molar-refractivity contribution is -0.144. The highest BCUT2D eigenvalue weighted by Crippen LogP contribution is 2.10. The van der Waals surface area contributed by atoms with Crippen LogP contribution in [0.3, 0.4) is 0 Å². The zero-order valence-electron chi connectivity index (χ0n) is 20.5. The molecule has 0 aromatic heterocycles. The lowest BCUT2D eigenvalue weighted by Gasteiger charge is -2.19. The molecule has 0 fully saturated rings. The molecule has 0 radical (unpaired) electrons. The van der Waals surface area contributed by atoms with Crippen molar-refractivity contribution in [1.82, 2.24) is 10.6 Å². The quantitative estimate of drug-likeness (QED) is 0.497. The van der Waals surface area contributed by atoms with Crippen molar-refractivity contribution in [2.45, 2.75) is 52.8 Å². The molecule has 0 bridgehead atoms. The van der Waals surface area contributed by atoms with Gasteiger partial charge in [0, 0.05) is 23.2 Å². The molecule has 2 N–H and O–H groups in total. The van der Waals surface area contributed by atoms with Crippen LogP contribution in [0.5, 0.6) is 0 Å².